The van der Waals surface area contributed by atoms with Crippen molar-refractivity contribution in [1.29, 1.82) is 0 Å². The molecule has 2 heterocycles. The zero-order valence-corrected chi connectivity index (χ0v) is 19.8. The Kier molecular flexibility index (Phi) is 7.11. The van der Waals surface area contributed by atoms with E-state index >= 15 is 0 Å². The predicted octanol–water partition coefficient (Wildman–Crippen LogP) is 2.67. The summed E-state index contributed by atoms with van der Waals surface area (Å²) in [6.45, 7) is 3.39. The summed E-state index contributed by atoms with van der Waals surface area (Å²) in [5.74, 6) is -1.06. The van der Waals surface area contributed by atoms with Crippen molar-refractivity contribution < 1.29 is 19.3 Å². The number of hydrogen-bond donors (Lipinski definition) is 2. The zero-order chi connectivity index (χ0) is 24.2. The number of carbonyl (C=O) groups excluding carboxylic acids is 3. The van der Waals surface area contributed by atoms with E-state index in [9.17, 15) is 24.5 Å². The first-order chi connectivity index (χ1) is 16.3. The van der Waals surface area contributed by atoms with Gasteiger partial charge in [0.2, 0.25) is 5.91 Å². The lowest BCUT2D eigenvalue weighted by Crippen LogP contribution is -2.48. The van der Waals surface area contributed by atoms with Gasteiger partial charge in [-0.15, -0.1) is 11.3 Å². The highest BCUT2D eigenvalue weighted by molar-refractivity contribution is 7.14. The Morgan fingerprint density at radius 1 is 0.971 bits per heavy atom. The van der Waals surface area contributed by atoms with Crippen LogP contribution in [-0.2, 0) is 17.6 Å². The van der Waals surface area contributed by atoms with Crippen LogP contribution in [0.25, 0.3) is 0 Å². The third kappa shape index (κ3) is 5.19. The fourth-order valence-electron chi connectivity index (χ4n) is 4.37. The third-order valence-corrected chi connectivity index (χ3v) is 7.50. The van der Waals surface area contributed by atoms with Gasteiger partial charge in [0, 0.05) is 49.6 Å². The Morgan fingerprint density at radius 3 is 2.38 bits per heavy atom. The number of carbonyl (C=O) groups is 3. The van der Waals surface area contributed by atoms with Crippen LogP contribution in [0.1, 0.15) is 56.7 Å². The Morgan fingerprint density at radius 2 is 1.68 bits per heavy atom. The molecule has 1 aliphatic carbocycles. The van der Waals surface area contributed by atoms with E-state index in [-0.39, 0.29) is 17.2 Å². The number of amides is 3. The van der Waals surface area contributed by atoms with Gasteiger partial charge in [-0.1, -0.05) is 6.42 Å². The lowest BCUT2D eigenvalue weighted by Gasteiger charge is -2.35. The van der Waals surface area contributed by atoms with E-state index in [0.29, 0.717) is 36.7 Å². The standard InChI is InChI=1S/C23H27N5O5S/c1-15(29)26-9-11-27(12-10-26)18-8-7-17(13-19(18)28(32)33)22(30)24-25-23(31)21-14-16-5-3-2-4-6-20(16)34-21/h7-8,13-14H,2-6,9-12H2,1H3,(H,24,30)(H,25,31). The number of nitro benzene ring substituents is 1. The summed E-state index contributed by atoms with van der Waals surface area (Å²) >= 11 is 1.45. The number of piperazine rings is 1. The lowest BCUT2D eigenvalue weighted by atomic mass is 10.1. The molecular formula is C23H27N5O5S. The van der Waals surface area contributed by atoms with Crippen molar-refractivity contribution in [3.05, 3.63) is 55.3 Å². The van der Waals surface area contributed by atoms with Gasteiger partial charge in [-0.3, -0.25) is 35.3 Å². The molecule has 10 nitrogen and oxygen atoms in total. The molecule has 4 rings (SSSR count). The number of nitro groups is 1. The smallest absolute Gasteiger partial charge is 0.293 e. The van der Waals surface area contributed by atoms with Gasteiger partial charge in [0.15, 0.2) is 0 Å². The average molecular weight is 486 g/mol. The SMILES string of the molecule is CC(=O)N1CCN(c2ccc(C(=O)NNC(=O)c3cc4c(s3)CCCCC4)cc2[N+](=O)[O-])CC1. The van der Waals surface area contributed by atoms with Crippen molar-refractivity contribution in [2.75, 3.05) is 31.1 Å². The largest absolute Gasteiger partial charge is 0.362 e. The molecular weight excluding hydrogens is 458 g/mol. The second kappa shape index (κ2) is 10.2. The van der Waals surface area contributed by atoms with Crippen molar-refractivity contribution in [2.24, 2.45) is 0 Å². The van der Waals surface area contributed by atoms with Crippen molar-refractivity contribution in [3.8, 4) is 0 Å². The lowest BCUT2D eigenvalue weighted by molar-refractivity contribution is -0.384. The molecule has 0 unspecified atom stereocenters. The normalized spacial score (nSPS) is 15.8. The first-order valence-corrected chi connectivity index (χ1v) is 12.2. The fourth-order valence-corrected chi connectivity index (χ4v) is 5.52. The second-order valence-electron chi connectivity index (χ2n) is 8.48. The molecule has 1 aromatic heterocycles. The minimum Gasteiger partial charge on any atom is -0.362 e. The van der Waals surface area contributed by atoms with E-state index in [2.05, 4.69) is 10.9 Å². The molecule has 3 amide bonds. The Bertz CT molecular complexity index is 1100. The number of rotatable bonds is 4. The van der Waals surface area contributed by atoms with Gasteiger partial charge >= 0.3 is 0 Å². The summed E-state index contributed by atoms with van der Waals surface area (Å²) in [6.07, 6.45) is 5.36. The van der Waals surface area contributed by atoms with Gasteiger partial charge in [-0.05, 0) is 49.4 Å². The highest BCUT2D eigenvalue weighted by atomic mass is 32.1. The van der Waals surface area contributed by atoms with Crippen LogP contribution < -0.4 is 15.8 Å². The van der Waals surface area contributed by atoms with Gasteiger partial charge in [-0.25, -0.2) is 0 Å². The van der Waals surface area contributed by atoms with Crippen LogP contribution in [-0.4, -0.2) is 53.7 Å². The molecule has 180 valence electrons. The molecule has 2 N–H and O–H groups in total. The minimum atomic E-state index is -0.637. The van der Waals surface area contributed by atoms with Gasteiger partial charge in [0.1, 0.15) is 5.69 Å². The van der Waals surface area contributed by atoms with Crippen molar-refractivity contribution in [2.45, 2.75) is 39.0 Å². The monoisotopic (exact) mass is 485 g/mol. The Hall–Kier alpha value is -3.47. The molecule has 0 spiro atoms. The van der Waals surface area contributed by atoms with Gasteiger partial charge in [0.05, 0.1) is 9.80 Å². The Labute approximate surface area is 201 Å². The molecule has 0 atom stereocenters. The van der Waals surface area contributed by atoms with Crippen LogP contribution in [0, 0.1) is 10.1 Å². The molecule has 1 aromatic carbocycles. The summed E-state index contributed by atoms with van der Waals surface area (Å²) in [4.78, 5) is 53.1. The van der Waals surface area contributed by atoms with E-state index in [1.807, 2.05) is 11.0 Å². The Balaban J connectivity index is 1.41. The molecule has 1 aliphatic heterocycles. The van der Waals surface area contributed by atoms with E-state index in [4.69, 9.17) is 0 Å². The summed E-state index contributed by atoms with van der Waals surface area (Å²) in [7, 11) is 0. The van der Waals surface area contributed by atoms with E-state index in [1.165, 1.54) is 53.3 Å². The average Bonchev–Trinajstić information content (AvgIpc) is 3.12. The number of thiophene rings is 1. The maximum atomic E-state index is 12.6. The first-order valence-electron chi connectivity index (χ1n) is 11.3. The van der Waals surface area contributed by atoms with Crippen LogP contribution in [0.3, 0.4) is 0 Å². The number of benzene rings is 1. The summed E-state index contributed by atoms with van der Waals surface area (Å²) in [5, 5.41) is 11.7. The van der Waals surface area contributed by atoms with E-state index < -0.39 is 16.7 Å². The molecule has 0 bridgehead atoms. The molecule has 2 aromatic rings. The predicted molar refractivity (Wildman–Crippen MR) is 128 cm³/mol. The molecule has 2 aliphatic rings. The number of aryl methyl sites for hydroxylation is 2. The van der Waals surface area contributed by atoms with Crippen LogP contribution >= 0.6 is 11.3 Å². The molecule has 1 fully saturated rings. The number of fused-ring (bicyclic) bond motifs is 1. The maximum absolute atomic E-state index is 12.6. The van der Waals surface area contributed by atoms with Gasteiger partial charge in [-0.2, -0.15) is 0 Å². The molecule has 11 heteroatoms. The number of nitrogens with one attached hydrogen (secondary N) is 2. The van der Waals surface area contributed by atoms with Crippen molar-refractivity contribution in [1.82, 2.24) is 15.8 Å². The second-order valence-corrected chi connectivity index (χ2v) is 9.62. The highest BCUT2D eigenvalue weighted by Gasteiger charge is 2.26. The number of nitrogens with zero attached hydrogens (tertiary/aromatic N) is 3. The van der Waals surface area contributed by atoms with Gasteiger partial charge < -0.3 is 9.80 Å². The van der Waals surface area contributed by atoms with Crippen molar-refractivity contribution >= 4 is 40.4 Å². The molecule has 0 saturated carbocycles. The highest BCUT2D eigenvalue weighted by Crippen LogP contribution is 2.31. The number of hydrogen-bond acceptors (Lipinski definition) is 7. The zero-order valence-electron chi connectivity index (χ0n) is 19.0. The summed E-state index contributed by atoms with van der Waals surface area (Å²) < 4.78 is 0. The van der Waals surface area contributed by atoms with E-state index in [0.717, 1.165) is 25.7 Å². The van der Waals surface area contributed by atoms with Crippen molar-refractivity contribution in [3.63, 3.8) is 0 Å². The van der Waals surface area contributed by atoms with E-state index in [1.54, 1.807) is 4.90 Å². The maximum Gasteiger partial charge on any atom is 0.293 e. The van der Waals surface area contributed by atoms with Gasteiger partial charge in [0.25, 0.3) is 17.5 Å². The molecule has 0 radical (unpaired) electrons. The van der Waals surface area contributed by atoms with Crippen LogP contribution in [0.4, 0.5) is 11.4 Å². The number of hydrazine groups is 1. The molecule has 1 saturated heterocycles. The minimum absolute atomic E-state index is 0.0265. The quantitative estimate of drug-likeness (QED) is 0.390. The van der Waals surface area contributed by atoms with Crippen LogP contribution in [0.5, 0.6) is 0 Å². The topological polar surface area (TPSA) is 125 Å². The summed E-state index contributed by atoms with van der Waals surface area (Å²) in [6, 6.07) is 6.13. The number of anilines is 1. The summed E-state index contributed by atoms with van der Waals surface area (Å²) in [5.41, 5.74) is 6.25. The molecule has 34 heavy (non-hydrogen) atoms. The van der Waals surface area contributed by atoms with Crippen LogP contribution in [0.15, 0.2) is 24.3 Å². The third-order valence-electron chi connectivity index (χ3n) is 6.26. The fraction of sp³-hybridized carbons (Fsp3) is 0.435. The first kappa shape index (κ1) is 23.7. The van der Waals surface area contributed by atoms with Crippen LogP contribution in [0.2, 0.25) is 0 Å².